The molecule has 0 spiro atoms. The van der Waals surface area contributed by atoms with Gasteiger partial charge in [-0.1, -0.05) is 0 Å². The molecule has 3 rings (SSSR count). The van der Waals surface area contributed by atoms with Crippen LogP contribution in [0.15, 0.2) is 47.3 Å². The van der Waals surface area contributed by atoms with E-state index in [1.54, 1.807) is 0 Å². The number of H-pyrrole nitrogens is 1. The van der Waals surface area contributed by atoms with Crippen LogP contribution in [0, 0.1) is 17.5 Å². The standard InChI is InChI=1S/C20H16F3N3O3/c21-11-3-1-10(2-4-11)18(27)14-9-13(20(28)26-19(14)25)17-15(22)7-12(8-16(17)23)29-6-5-24/h1-4,7-9H,5-6,24H2,(H3,25,26,28). The monoisotopic (exact) mass is 403 g/mol. The molecule has 0 aliphatic heterocycles. The van der Waals surface area contributed by atoms with Crippen molar-refractivity contribution in [2.24, 2.45) is 5.73 Å². The van der Waals surface area contributed by atoms with E-state index in [0.29, 0.717) is 0 Å². The first-order valence-electron chi connectivity index (χ1n) is 8.47. The molecule has 9 heteroatoms. The molecule has 0 aliphatic rings. The molecule has 1 heterocycles. The summed E-state index contributed by atoms with van der Waals surface area (Å²) in [7, 11) is 0. The number of aromatic amines is 1. The van der Waals surface area contributed by atoms with Gasteiger partial charge < -0.3 is 21.2 Å². The van der Waals surface area contributed by atoms with E-state index < -0.39 is 39.9 Å². The molecule has 150 valence electrons. The summed E-state index contributed by atoms with van der Waals surface area (Å²) in [5, 5.41) is 0. The van der Waals surface area contributed by atoms with Gasteiger partial charge in [0, 0.05) is 24.2 Å². The maximum atomic E-state index is 14.5. The molecule has 2 aromatic carbocycles. The maximum Gasteiger partial charge on any atom is 0.257 e. The number of nitrogen functional groups attached to an aromatic ring is 1. The van der Waals surface area contributed by atoms with Crippen molar-refractivity contribution in [2.45, 2.75) is 0 Å². The van der Waals surface area contributed by atoms with E-state index in [-0.39, 0.29) is 35.8 Å². The number of pyridine rings is 1. The number of hydrogen-bond acceptors (Lipinski definition) is 5. The molecular weight excluding hydrogens is 387 g/mol. The molecule has 0 unspecified atom stereocenters. The number of hydrogen-bond donors (Lipinski definition) is 3. The highest BCUT2D eigenvalue weighted by molar-refractivity contribution is 6.12. The number of rotatable bonds is 6. The van der Waals surface area contributed by atoms with E-state index in [9.17, 15) is 22.8 Å². The van der Waals surface area contributed by atoms with Crippen LogP contribution in [0.4, 0.5) is 19.0 Å². The lowest BCUT2D eigenvalue weighted by atomic mass is 9.99. The topological polar surface area (TPSA) is 111 Å². The highest BCUT2D eigenvalue weighted by Crippen LogP contribution is 2.29. The molecule has 1 aromatic heterocycles. The van der Waals surface area contributed by atoms with Gasteiger partial charge in [-0.2, -0.15) is 0 Å². The first kappa shape index (κ1) is 20.2. The number of ether oxygens (including phenoxy) is 1. The average molecular weight is 403 g/mol. The Balaban J connectivity index is 2.10. The third-order valence-electron chi connectivity index (χ3n) is 4.09. The lowest BCUT2D eigenvalue weighted by molar-refractivity contribution is 0.103. The minimum absolute atomic E-state index is 0.0526. The van der Waals surface area contributed by atoms with Crippen molar-refractivity contribution in [1.29, 1.82) is 0 Å². The molecule has 0 amide bonds. The number of nitrogens with two attached hydrogens (primary N) is 2. The van der Waals surface area contributed by atoms with Crippen LogP contribution in [-0.2, 0) is 0 Å². The molecule has 0 radical (unpaired) electrons. The second kappa shape index (κ2) is 8.19. The van der Waals surface area contributed by atoms with E-state index in [1.165, 1.54) is 12.1 Å². The Bertz CT molecular complexity index is 1110. The number of carbonyl (C=O) groups excluding carboxylic acids is 1. The highest BCUT2D eigenvalue weighted by atomic mass is 19.1. The molecule has 0 atom stereocenters. The lowest BCUT2D eigenvalue weighted by Crippen LogP contribution is -2.18. The Labute approximate surface area is 162 Å². The predicted octanol–water partition coefficient (Wildman–Crippen LogP) is 2.61. The summed E-state index contributed by atoms with van der Waals surface area (Å²) in [6.07, 6.45) is 0. The number of nitrogens with one attached hydrogen (secondary N) is 1. The van der Waals surface area contributed by atoms with Crippen molar-refractivity contribution in [3.05, 3.63) is 81.4 Å². The van der Waals surface area contributed by atoms with Crippen molar-refractivity contribution >= 4 is 11.6 Å². The summed E-state index contributed by atoms with van der Waals surface area (Å²) in [6, 6.07) is 7.43. The van der Waals surface area contributed by atoms with Gasteiger partial charge in [-0.25, -0.2) is 13.2 Å². The summed E-state index contributed by atoms with van der Waals surface area (Å²) in [5.41, 5.74) is 8.96. The van der Waals surface area contributed by atoms with Crippen LogP contribution in [0.2, 0.25) is 0 Å². The zero-order chi connectivity index (χ0) is 21.1. The van der Waals surface area contributed by atoms with Crippen LogP contribution in [0.3, 0.4) is 0 Å². The average Bonchev–Trinajstić information content (AvgIpc) is 2.67. The lowest BCUT2D eigenvalue weighted by Gasteiger charge is -2.11. The molecule has 0 saturated heterocycles. The largest absolute Gasteiger partial charge is 0.492 e. The SMILES string of the molecule is NCCOc1cc(F)c(-c2cc(C(=O)c3ccc(F)cc3)c(N)[nH]c2=O)c(F)c1. The first-order chi connectivity index (χ1) is 13.8. The summed E-state index contributed by atoms with van der Waals surface area (Å²) in [5.74, 6) is -3.69. The second-order valence-electron chi connectivity index (χ2n) is 6.07. The highest BCUT2D eigenvalue weighted by Gasteiger charge is 2.21. The van der Waals surface area contributed by atoms with Gasteiger partial charge in [0.25, 0.3) is 5.56 Å². The number of anilines is 1. The number of benzene rings is 2. The van der Waals surface area contributed by atoms with Crippen molar-refractivity contribution in [3.63, 3.8) is 0 Å². The van der Waals surface area contributed by atoms with Crippen LogP contribution in [0.1, 0.15) is 15.9 Å². The van der Waals surface area contributed by atoms with Crippen LogP contribution in [-0.4, -0.2) is 23.9 Å². The maximum absolute atomic E-state index is 14.5. The van der Waals surface area contributed by atoms with Gasteiger partial charge in [-0.3, -0.25) is 9.59 Å². The number of halogens is 3. The van der Waals surface area contributed by atoms with Crippen molar-refractivity contribution < 1.29 is 22.7 Å². The minimum atomic E-state index is -1.06. The minimum Gasteiger partial charge on any atom is -0.492 e. The Hall–Kier alpha value is -3.59. The van der Waals surface area contributed by atoms with E-state index >= 15 is 0 Å². The van der Waals surface area contributed by atoms with Crippen LogP contribution >= 0.6 is 0 Å². The summed E-state index contributed by atoms with van der Waals surface area (Å²) >= 11 is 0. The van der Waals surface area contributed by atoms with Crippen molar-refractivity contribution in [1.82, 2.24) is 4.98 Å². The van der Waals surface area contributed by atoms with Crippen LogP contribution in [0.25, 0.3) is 11.1 Å². The second-order valence-corrected chi connectivity index (χ2v) is 6.07. The molecule has 0 bridgehead atoms. The van der Waals surface area contributed by atoms with Crippen LogP contribution in [0.5, 0.6) is 5.75 Å². The first-order valence-corrected chi connectivity index (χ1v) is 8.47. The van der Waals surface area contributed by atoms with Gasteiger partial charge in [-0.15, -0.1) is 0 Å². The molecule has 0 fully saturated rings. The summed E-state index contributed by atoms with van der Waals surface area (Å²) in [4.78, 5) is 27.2. The Morgan fingerprint density at radius 2 is 1.66 bits per heavy atom. The molecule has 3 aromatic rings. The third kappa shape index (κ3) is 4.14. The Morgan fingerprint density at radius 1 is 1.03 bits per heavy atom. The Kier molecular flexibility index (Phi) is 5.69. The fourth-order valence-electron chi connectivity index (χ4n) is 2.74. The fraction of sp³-hybridized carbons (Fsp3) is 0.100. The van der Waals surface area contributed by atoms with Crippen molar-refractivity contribution in [3.8, 4) is 16.9 Å². The normalized spacial score (nSPS) is 10.8. The van der Waals surface area contributed by atoms with Gasteiger partial charge in [0.2, 0.25) is 0 Å². The predicted molar refractivity (Wildman–Crippen MR) is 101 cm³/mol. The third-order valence-corrected chi connectivity index (χ3v) is 4.09. The van der Waals surface area contributed by atoms with Gasteiger partial charge in [0.1, 0.15) is 35.6 Å². The molecule has 0 aliphatic carbocycles. The number of aromatic nitrogens is 1. The van der Waals surface area contributed by atoms with Gasteiger partial charge in [0.15, 0.2) is 5.78 Å². The summed E-state index contributed by atoms with van der Waals surface area (Å²) in [6.45, 7) is 0.203. The number of carbonyl (C=O) groups is 1. The number of ketones is 1. The zero-order valence-corrected chi connectivity index (χ0v) is 15.0. The van der Waals surface area contributed by atoms with E-state index in [2.05, 4.69) is 4.98 Å². The van der Waals surface area contributed by atoms with E-state index in [4.69, 9.17) is 16.2 Å². The Morgan fingerprint density at radius 3 is 2.24 bits per heavy atom. The van der Waals surface area contributed by atoms with E-state index in [1.807, 2.05) is 0 Å². The molecule has 29 heavy (non-hydrogen) atoms. The van der Waals surface area contributed by atoms with Crippen LogP contribution < -0.4 is 21.8 Å². The van der Waals surface area contributed by atoms with E-state index in [0.717, 1.165) is 30.3 Å². The van der Waals surface area contributed by atoms with Gasteiger partial charge in [-0.05, 0) is 30.3 Å². The zero-order valence-electron chi connectivity index (χ0n) is 15.0. The summed E-state index contributed by atoms with van der Waals surface area (Å²) < 4.78 is 47.3. The fourth-order valence-corrected chi connectivity index (χ4v) is 2.74. The van der Waals surface area contributed by atoms with Gasteiger partial charge in [0.05, 0.1) is 16.7 Å². The molecular formula is C20H16F3N3O3. The molecule has 5 N–H and O–H groups in total. The van der Waals surface area contributed by atoms with Crippen molar-refractivity contribution in [2.75, 3.05) is 18.9 Å². The molecule has 0 saturated carbocycles. The quantitative estimate of drug-likeness (QED) is 0.548. The molecule has 6 nitrogen and oxygen atoms in total. The van der Waals surface area contributed by atoms with Gasteiger partial charge >= 0.3 is 0 Å². The smallest absolute Gasteiger partial charge is 0.257 e.